The third kappa shape index (κ3) is 3.12. The number of aryl methyl sites for hydroxylation is 1. The first kappa shape index (κ1) is 11.2. The summed E-state index contributed by atoms with van der Waals surface area (Å²) in [6.45, 7) is 0. The van der Waals surface area contributed by atoms with E-state index < -0.39 is 9.84 Å². The maximum atomic E-state index is 10.9. The maximum absolute atomic E-state index is 10.9. The van der Waals surface area contributed by atoms with Crippen molar-refractivity contribution in [1.29, 1.82) is 0 Å². The van der Waals surface area contributed by atoms with Crippen LogP contribution in [0.2, 0.25) is 0 Å². The number of rotatable bonds is 4. The van der Waals surface area contributed by atoms with E-state index in [2.05, 4.69) is 4.98 Å². The first-order chi connectivity index (χ1) is 6.40. The first-order valence-corrected chi connectivity index (χ1v) is 6.37. The summed E-state index contributed by atoms with van der Waals surface area (Å²) in [4.78, 5) is 4.06. The van der Waals surface area contributed by atoms with Crippen LogP contribution in [0.1, 0.15) is 18.3 Å². The average molecular weight is 217 g/mol. The van der Waals surface area contributed by atoms with Gasteiger partial charge < -0.3 is 10.3 Å². The number of sulfone groups is 1. The molecule has 1 aromatic rings. The van der Waals surface area contributed by atoms with Crippen LogP contribution in [0.25, 0.3) is 0 Å². The highest BCUT2D eigenvalue weighted by molar-refractivity contribution is 7.90. The van der Waals surface area contributed by atoms with Crippen molar-refractivity contribution in [2.75, 3.05) is 12.0 Å². The van der Waals surface area contributed by atoms with Crippen molar-refractivity contribution < 1.29 is 8.42 Å². The molecule has 0 amide bonds. The van der Waals surface area contributed by atoms with E-state index in [1.54, 1.807) is 17.0 Å². The summed E-state index contributed by atoms with van der Waals surface area (Å²) in [5.74, 6) is 0.815. The number of hydrogen-bond donors (Lipinski definition) is 1. The smallest absolute Gasteiger partial charge is 0.147 e. The van der Waals surface area contributed by atoms with E-state index in [-0.39, 0.29) is 11.8 Å². The zero-order valence-corrected chi connectivity index (χ0v) is 9.16. The van der Waals surface area contributed by atoms with Crippen molar-refractivity contribution in [3.05, 3.63) is 18.2 Å². The Balaban J connectivity index is 2.60. The molecule has 5 nitrogen and oxygen atoms in total. The van der Waals surface area contributed by atoms with Gasteiger partial charge in [-0.25, -0.2) is 13.4 Å². The third-order valence-electron chi connectivity index (χ3n) is 1.99. The molecule has 1 heterocycles. The SMILES string of the molecule is Cn1ccnc1C(N)CCS(C)(=O)=O. The van der Waals surface area contributed by atoms with Gasteiger partial charge in [-0.05, 0) is 6.42 Å². The van der Waals surface area contributed by atoms with Gasteiger partial charge in [0.2, 0.25) is 0 Å². The second-order valence-corrected chi connectivity index (χ2v) is 5.68. The Bertz CT molecular complexity index is 396. The predicted molar refractivity (Wildman–Crippen MR) is 54.5 cm³/mol. The van der Waals surface area contributed by atoms with Gasteiger partial charge in [-0.2, -0.15) is 0 Å². The zero-order valence-electron chi connectivity index (χ0n) is 8.34. The number of nitrogens with two attached hydrogens (primary N) is 1. The van der Waals surface area contributed by atoms with Crippen LogP contribution < -0.4 is 5.73 Å². The minimum Gasteiger partial charge on any atom is -0.337 e. The van der Waals surface area contributed by atoms with Crippen LogP contribution in [0.3, 0.4) is 0 Å². The average Bonchev–Trinajstić information content (AvgIpc) is 2.46. The van der Waals surface area contributed by atoms with Crippen molar-refractivity contribution in [2.45, 2.75) is 12.5 Å². The van der Waals surface area contributed by atoms with E-state index in [4.69, 9.17) is 5.73 Å². The quantitative estimate of drug-likeness (QED) is 0.761. The number of imidazole rings is 1. The standard InChI is InChI=1S/C8H15N3O2S/c1-11-5-4-10-8(11)7(9)3-6-14(2,12)13/h4-5,7H,3,6,9H2,1-2H3. The number of aromatic nitrogens is 2. The molecule has 1 rings (SSSR count). The highest BCUT2D eigenvalue weighted by atomic mass is 32.2. The van der Waals surface area contributed by atoms with Crippen LogP contribution in [0.5, 0.6) is 0 Å². The Hall–Kier alpha value is -0.880. The second-order valence-electron chi connectivity index (χ2n) is 3.42. The molecule has 0 spiro atoms. The van der Waals surface area contributed by atoms with Crippen LogP contribution in [0.4, 0.5) is 0 Å². The van der Waals surface area contributed by atoms with Crippen molar-refractivity contribution in [3.8, 4) is 0 Å². The highest BCUT2D eigenvalue weighted by Crippen LogP contribution is 2.11. The van der Waals surface area contributed by atoms with Gasteiger partial charge in [0.1, 0.15) is 15.7 Å². The third-order valence-corrected chi connectivity index (χ3v) is 2.97. The lowest BCUT2D eigenvalue weighted by atomic mass is 10.2. The summed E-state index contributed by atoms with van der Waals surface area (Å²) in [6, 6.07) is -0.315. The lowest BCUT2D eigenvalue weighted by Gasteiger charge is -2.10. The van der Waals surface area contributed by atoms with Crippen LogP contribution in [0.15, 0.2) is 12.4 Å². The Labute approximate surface area is 83.9 Å². The molecule has 0 saturated carbocycles. The van der Waals surface area contributed by atoms with E-state index in [0.29, 0.717) is 12.2 Å². The molecule has 6 heteroatoms. The van der Waals surface area contributed by atoms with Crippen LogP contribution in [0, 0.1) is 0 Å². The largest absolute Gasteiger partial charge is 0.337 e. The molecule has 2 N–H and O–H groups in total. The molecule has 80 valence electrons. The Morgan fingerprint density at radius 2 is 2.29 bits per heavy atom. The topological polar surface area (TPSA) is 78.0 Å². The number of nitrogens with zero attached hydrogens (tertiary/aromatic N) is 2. The molecule has 0 aromatic carbocycles. The second kappa shape index (κ2) is 4.10. The van der Waals surface area contributed by atoms with Crippen LogP contribution in [-0.4, -0.2) is 30.0 Å². The maximum Gasteiger partial charge on any atom is 0.147 e. The van der Waals surface area contributed by atoms with Crippen molar-refractivity contribution in [1.82, 2.24) is 9.55 Å². The first-order valence-electron chi connectivity index (χ1n) is 4.30. The lowest BCUT2D eigenvalue weighted by Crippen LogP contribution is -2.19. The minimum atomic E-state index is -2.94. The summed E-state index contributed by atoms with van der Waals surface area (Å²) in [6.07, 6.45) is 5.05. The summed E-state index contributed by atoms with van der Waals surface area (Å²) in [5, 5.41) is 0. The van der Waals surface area contributed by atoms with E-state index >= 15 is 0 Å². The van der Waals surface area contributed by atoms with Gasteiger partial charge in [-0.15, -0.1) is 0 Å². The molecule has 1 aromatic heterocycles. The Morgan fingerprint density at radius 3 is 2.71 bits per heavy atom. The van der Waals surface area contributed by atoms with Gasteiger partial charge >= 0.3 is 0 Å². The van der Waals surface area contributed by atoms with Crippen molar-refractivity contribution >= 4 is 9.84 Å². The fraction of sp³-hybridized carbons (Fsp3) is 0.625. The van der Waals surface area contributed by atoms with Crippen LogP contribution >= 0.6 is 0 Å². The van der Waals surface area contributed by atoms with Gasteiger partial charge in [-0.1, -0.05) is 0 Å². The summed E-state index contributed by atoms with van der Waals surface area (Å²) in [5.41, 5.74) is 5.80. The molecule has 14 heavy (non-hydrogen) atoms. The molecule has 0 aliphatic rings. The Morgan fingerprint density at radius 1 is 1.64 bits per heavy atom. The van der Waals surface area contributed by atoms with Gasteiger partial charge in [0, 0.05) is 25.7 Å². The summed E-state index contributed by atoms with van der Waals surface area (Å²) >= 11 is 0. The van der Waals surface area contributed by atoms with E-state index in [0.717, 1.165) is 0 Å². The lowest BCUT2D eigenvalue weighted by molar-refractivity contribution is 0.580. The highest BCUT2D eigenvalue weighted by Gasteiger charge is 2.13. The summed E-state index contributed by atoms with van der Waals surface area (Å²) < 4.78 is 23.6. The Kier molecular flexibility index (Phi) is 3.28. The van der Waals surface area contributed by atoms with E-state index in [1.807, 2.05) is 7.05 Å². The van der Waals surface area contributed by atoms with E-state index in [9.17, 15) is 8.42 Å². The number of hydrogen-bond acceptors (Lipinski definition) is 4. The van der Waals surface area contributed by atoms with E-state index in [1.165, 1.54) is 6.26 Å². The van der Waals surface area contributed by atoms with Gasteiger partial charge in [-0.3, -0.25) is 0 Å². The minimum absolute atomic E-state index is 0.0982. The molecular formula is C8H15N3O2S. The zero-order chi connectivity index (χ0) is 10.8. The molecule has 0 fully saturated rings. The summed E-state index contributed by atoms with van der Waals surface area (Å²) in [7, 11) is -1.10. The molecule has 1 atom stereocenters. The molecule has 0 bridgehead atoms. The molecular weight excluding hydrogens is 202 g/mol. The molecule has 0 saturated heterocycles. The van der Waals surface area contributed by atoms with Gasteiger partial charge in [0.25, 0.3) is 0 Å². The monoisotopic (exact) mass is 217 g/mol. The molecule has 1 unspecified atom stereocenters. The van der Waals surface area contributed by atoms with Crippen LogP contribution in [-0.2, 0) is 16.9 Å². The molecule has 0 aliphatic carbocycles. The van der Waals surface area contributed by atoms with Gasteiger partial charge in [0.15, 0.2) is 0 Å². The fourth-order valence-corrected chi connectivity index (χ4v) is 1.89. The van der Waals surface area contributed by atoms with Gasteiger partial charge in [0.05, 0.1) is 11.8 Å². The van der Waals surface area contributed by atoms with Crippen molar-refractivity contribution in [3.63, 3.8) is 0 Å². The normalized spacial score (nSPS) is 14.2. The predicted octanol–water partition coefficient (Wildman–Crippen LogP) is -0.145. The fourth-order valence-electron chi connectivity index (χ4n) is 1.20. The molecule has 0 radical (unpaired) electrons. The van der Waals surface area contributed by atoms with Crippen molar-refractivity contribution in [2.24, 2.45) is 12.8 Å². The molecule has 0 aliphatic heterocycles.